The normalized spacial score (nSPS) is 12.6. The van der Waals surface area contributed by atoms with Gasteiger partial charge in [-0.3, -0.25) is 14.4 Å². The number of halogens is 9. The summed E-state index contributed by atoms with van der Waals surface area (Å²) in [5.74, 6) is -7.05. The summed E-state index contributed by atoms with van der Waals surface area (Å²) in [6, 6.07) is 4.37. The standard InChI is InChI=1S/C12H14F3NO.C4F6O2/c1-11(2,3)10(17)16-9-6-4-8(5-7-9)12(13,14)15;5-3(6,7)1(11)2(12)4(8,9)10/h4-7H,1-3H3,(H,16,17);. The Morgan fingerprint density at radius 3 is 1.28 bits per heavy atom. The molecule has 0 aliphatic carbocycles. The van der Waals surface area contributed by atoms with E-state index in [0.29, 0.717) is 5.69 Å². The molecule has 1 N–H and O–H groups in total. The van der Waals surface area contributed by atoms with Crippen LogP contribution < -0.4 is 5.32 Å². The van der Waals surface area contributed by atoms with E-state index >= 15 is 0 Å². The van der Waals surface area contributed by atoms with Gasteiger partial charge in [0.1, 0.15) is 0 Å². The van der Waals surface area contributed by atoms with Crippen LogP contribution in [0.3, 0.4) is 0 Å². The molecule has 0 bridgehead atoms. The van der Waals surface area contributed by atoms with Gasteiger partial charge >= 0.3 is 30.1 Å². The molecule has 0 unspecified atom stereocenters. The summed E-state index contributed by atoms with van der Waals surface area (Å²) < 4.78 is 104. The zero-order valence-corrected chi connectivity index (χ0v) is 14.9. The number of ketones is 2. The molecule has 29 heavy (non-hydrogen) atoms. The number of anilines is 1. The predicted molar refractivity (Wildman–Crippen MR) is 81.7 cm³/mol. The second kappa shape index (κ2) is 8.82. The summed E-state index contributed by atoms with van der Waals surface area (Å²) in [5.41, 5.74) is -0.952. The Labute approximate surface area is 158 Å². The van der Waals surface area contributed by atoms with Crippen LogP contribution in [0.1, 0.15) is 26.3 Å². The summed E-state index contributed by atoms with van der Waals surface area (Å²) >= 11 is 0. The quantitative estimate of drug-likeness (QED) is 0.525. The molecule has 1 aromatic carbocycles. The van der Waals surface area contributed by atoms with Gasteiger partial charge in [-0.25, -0.2) is 0 Å². The molecule has 0 saturated heterocycles. The van der Waals surface area contributed by atoms with Crippen molar-refractivity contribution in [1.82, 2.24) is 0 Å². The first-order valence-corrected chi connectivity index (χ1v) is 7.38. The van der Waals surface area contributed by atoms with E-state index in [0.717, 1.165) is 12.1 Å². The summed E-state index contributed by atoms with van der Waals surface area (Å²) in [5, 5.41) is 2.55. The van der Waals surface area contributed by atoms with Crippen molar-refractivity contribution in [3.05, 3.63) is 29.8 Å². The lowest BCUT2D eigenvalue weighted by Crippen LogP contribution is -2.39. The summed E-state index contributed by atoms with van der Waals surface area (Å²) in [4.78, 5) is 30.8. The Morgan fingerprint density at radius 2 is 1.03 bits per heavy atom. The van der Waals surface area contributed by atoms with Crippen LogP contribution in [0.4, 0.5) is 45.2 Å². The van der Waals surface area contributed by atoms with Crippen LogP contribution in [0.25, 0.3) is 0 Å². The molecule has 0 atom stereocenters. The molecule has 0 aliphatic rings. The number of benzene rings is 1. The maximum absolute atomic E-state index is 12.3. The molecule has 1 aromatic rings. The fraction of sp³-hybridized carbons (Fsp3) is 0.438. The number of rotatable bonds is 2. The van der Waals surface area contributed by atoms with E-state index in [1.54, 1.807) is 20.8 Å². The fourth-order valence-electron chi connectivity index (χ4n) is 1.32. The van der Waals surface area contributed by atoms with Crippen LogP contribution in [-0.4, -0.2) is 29.8 Å². The maximum Gasteiger partial charge on any atom is 0.458 e. The van der Waals surface area contributed by atoms with Gasteiger partial charge < -0.3 is 5.32 Å². The van der Waals surface area contributed by atoms with Crippen LogP contribution in [0.2, 0.25) is 0 Å². The van der Waals surface area contributed by atoms with E-state index < -0.39 is 41.1 Å². The van der Waals surface area contributed by atoms with Crippen molar-refractivity contribution in [2.45, 2.75) is 39.3 Å². The number of hydrogen-bond acceptors (Lipinski definition) is 3. The lowest BCUT2D eigenvalue weighted by Gasteiger charge is -2.17. The third-order valence-electron chi connectivity index (χ3n) is 2.87. The molecule has 0 spiro atoms. The molecule has 0 radical (unpaired) electrons. The molecule has 0 fully saturated rings. The highest BCUT2D eigenvalue weighted by Crippen LogP contribution is 2.30. The molecular formula is C16H14F9NO3. The van der Waals surface area contributed by atoms with Crippen molar-refractivity contribution in [2.24, 2.45) is 5.41 Å². The molecule has 0 heterocycles. The van der Waals surface area contributed by atoms with E-state index in [1.165, 1.54) is 12.1 Å². The van der Waals surface area contributed by atoms with Crippen molar-refractivity contribution >= 4 is 23.2 Å². The van der Waals surface area contributed by atoms with Gasteiger partial charge in [-0.1, -0.05) is 20.8 Å². The Kier molecular flexibility index (Phi) is 8.03. The average Bonchev–Trinajstić information content (AvgIpc) is 2.51. The van der Waals surface area contributed by atoms with Gasteiger partial charge in [0.15, 0.2) is 0 Å². The molecule has 1 rings (SSSR count). The molecule has 1 amide bonds. The summed E-state index contributed by atoms with van der Waals surface area (Å²) in [6.07, 6.45) is -15.9. The Morgan fingerprint density at radius 1 is 0.690 bits per heavy atom. The summed E-state index contributed by atoms with van der Waals surface area (Å²) in [7, 11) is 0. The lowest BCUT2D eigenvalue weighted by molar-refractivity contribution is -0.193. The van der Waals surface area contributed by atoms with Crippen molar-refractivity contribution in [3.63, 3.8) is 0 Å². The average molecular weight is 439 g/mol. The smallest absolute Gasteiger partial charge is 0.326 e. The molecule has 13 heteroatoms. The third-order valence-corrected chi connectivity index (χ3v) is 2.87. The van der Waals surface area contributed by atoms with Gasteiger partial charge in [-0.2, -0.15) is 39.5 Å². The number of carbonyl (C=O) groups excluding carboxylic acids is 3. The van der Waals surface area contributed by atoms with Crippen molar-refractivity contribution < 1.29 is 53.9 Å². The summed E-state index contributed by atoms with van der Waals surface area (Å²) in [6.45, 7) is 5.19. The highest BCUT2D eigenvalue weighted by Gasteiger charge is 2.54. The highest BCUT2D eigenvalue weighted by molar-refractivity contribution is 6.41. The Bertz CT molecular complexity index is 715. The molecule has 0 saturated carbocycles. The fourth-order valence-corrected chi connectivity index (χ4v) is 1.32. The first-order chi connectivity index (χ1) is 12.7. The number of Topliss-reactive ketones (excluding diaryl/α,β-unsaturated/α-hetero) is 2. The van der Waals surface area contributed by atoms with Crippen LogP contribution >= 0.6 is 0 Å². The van der Waals surface area contributed by atoms with Gasteiger partial charge in [0.05, 0.1) is 5.56 Å². The minimum absolute atomic E-state index is 0.239. The van der Waals surface area contributed by atoms with Crippen LogP contribution in [0.5, 0.6) is 0 Å². The van der Waals surface area contributed by atoms with Crippen LogP contribution in [-0.2, 0) is 20.6 Å². The SMILES string of the molecule is CC(C)(C)C(=O)Nc1ccc(C(F)(F)F)cc1.O=C(C(=O)C(F)(F)F)C(F)(F)F. The first-order valence-electron chi connectivity index (χ1n) is 7.38. The zero-order valence-electron chi connectivity index (χ0n) is 14.9. The topological polar surface area (TPSA) is 63.2 Å². The van der Waals surface area contributed by atoms with Gasteiger partial charge in [0, 0.05) is 11.1 Å². The van der Waals surface area contributed by atoms with Crippen molar-refractivity contribution in [2.75, 3.05) is 5.32 Å². The van der Waals surface area contributed by atoms with Crippen LogP contribution in [0.15, 0.2) is 24.3 Å². The van der Waals surface area contributed by atoms with E-state index in [-0.39, 0.29) is 5.91 Å². The van der Waals surface area contributed by atoms with E-state index in [1.807, 2.05) is 0 Å². The van der Waals surface area contributed by atoms with Gasteiger partial charge in [-0.05, 0) is 24.3 Å². The number of hydrogen-bond donors (Lipinski definition) is 1. The van der Waals surface area contributed by atoms with Gasteiger partial charge in [0.25, 0.3) is 0 Å². The lowest BCUT2D eigenvalue weighted by atomic mass is 9.95. The monoisotopic (exact) mass is 439 g/mol. The van der Waals surface area contributed by atoms with E-state index in [4.69, 9.17) is 0 Å². The predicted octanol–water partition coefficient (Wildman–Crippen LogP) is 4.94. The molecular weight excluding hydrogens is 425 g/mol. The van der Waals surface area contributed by atoms with E-state index in [9.17, 15) is 53.9 Å². The largest absolute Gasteiger partial charge is 0.458 e. The number of carbonyl (C=O) groups is 3. The second-order valence-electron chi connectivity index (χ2n) is 6.43. The minimum atomic E-state index is -5.77. The third kappa shape index (κ3) is 8.96. The zero-order chi connectivity index (χ0) is 23.4. The van der Waals surface area contributed by atoms with Gasteiger partial charge in [-0.15, -0.1) is 0 Å². The van der Waals surface area contributed by atoms with Gasteiger partial charge in [0.2, 0.25) is 5.91 Å². The second-order valence-corrected chi connectivity index (χ2v) is 6.43. The Balaban J connectivity index is 0.000000578. The van der Waals surface area contributed by atoms with Crippen molar-refractivity contribution in [3.8, 4) is 0 Å². The molecule has 0 aliphatic heterocycles. The minimum Gasteiger partial charge on any atom is -0.326 e. The Hall–Kier alpha value is -2.60. The van der Waals surface area contributed by atoms with E-state index in [2.05, 4.69) is 5.32 Å². The first kappa shape index (κ1) is 26.4. The molecule has 0 aromatic heterocycles. The number of alkyl halides is 9. The van der Waals surface area contributed by atoms with Crippen molar-refractivity contribution in [1.29, 1.82) is 0 Å². The number of nitrogens with one attached hydrogen (secondary N) is 1. The highest BCUT2D eigenvalue weighted by atomic mass is 19.4. The maximum atomic E-state index is 12.3. The van der Waals surface area contributed by atoms with Crippen LogP contribution in [0, 0.1) is 5.41 Å². The number of amides is 1. The molecule has 4 nitrogen and oxygen atoms in total. The molecule has 164 valence electrons.